The first-order valence-electron chi connectivity index (χ1n) is 10.6. The highest BCUT2D eigenvalue weighted by Crippen LogP contribution is 2.62. The molecular weight excluding hydrogens is 354 g/mol. The molecule has 4 bridgehead atoms. The van der Waals surface area contributed by atoms with E-state index in [1.165, 1.54) is 11.1 Å². The second kappa shape index (κ2) is 6.31. The van der Waals surface area contributed by atoms with Crippen molar-refractivity contribution < 1.29 is 19.4 Å². The van der Waals surface area contributed by atoms with Crippen molar-refractivity contribution in [2.75, 3.05) is 6.54 Å². The van der Waals surface area contributed by atoms with Crippen molar-refractivity contribution in [2.45, 2.75) is 70.1 Å². The Morgan fingerprint density at radius 2 is 1.82 bits per heavy atom. The summed E-state index contributed by atoms with van der Waals surface area (Å²) >= 11 is 0. The van der Waals surface area contributed by atoms with Crippen molar-refractivity contribution in [1.82, 2.24) is 4.90 Å². The number of aliphatic hydroxyl groups is 1. The number of amides is 1. The number of esters is 1. The Morgan fingerprint density at radius 3 is 2.50 bits per heavy atom. The molecule has 150 valence electrons. The summed E-state index contributed by atoms with van der Waals surface area (Å²) in [5.74, 6) is 0.455. The van der Waals surface area contributed by atoms with Crippen LogP contribution in [0.2, 0.25) is 0 Å². The summed E-state index contributed by atoms with van der Waals surface area (Å²) in [7, 11) is 0. The van der Waals surface area contributed by atoms with E-state index in [0.29, 0.717) is 31.3 Å². The fraction of sp³-hybridized carbons (Fsp3) is 0.652. The predicted molar refractivity (Wildman–Crippen MR) is 103 cm³/mol. The van der Waals surface area contributed by atoms with Crippen LogP contribution < -0.4 is 0 Å². The molecule has 1 aromatic rings. The van der Waals surface area contributed by atoms with Gasteiger partial charge in [-0.2, -0.15) is 0 Å². The molecule has 6 rings (SSSR count). The van der Waals surface area contributed by atoms with E-state index in [1.807, 2.05) is 12.1 Å². The van der Waals surface area contributed by atoms with Gasteiger partial charge in [-0.3, -0.25) is 9.59 Å². The maximum Gasteiger partial charge on any atom is 0.312 e. The summed E-state index contributed by atoms with van der Waals surface area (Å²) in [6.07, 6.45) is 4.94. The van der Waals surface area contributed by atoms with Crippen molar-refractivity contribution in [3.05, 3.63) is 35.4 Å². The highest BCUT2D eigenvalue weighted by molar-refractivity contribution is 5.85. The Bertz CT molecular complexity index is 805. The third kappa shape index (κ3) is 2.95. The summed E-state index contributed by atoms with van der Waals surface area (Å²) in [4.78, 5) is 27.9. The Hall–Kier alpha value is -1.88. The van der Waals surface area contributed by atoms with E-state index >= 15 is 0 Å². The fourth-order valence-corrected chi connectivity index (χ4v) is 6.73. The van der Waals surface area contributed by atoms with Crippen molar-refractivity contribution >= 4 is 11.9 Å². The fourth-order valence-electron chi connectivity index (χ4n) is 6.73. The molecule has 0 aromatic heterocycles. The van der Waals surface area contributed by atoms with Gasteiger partial charge in [-0.05, 0) is 74.8 Å². The smallest absolute Gasteiger partial charge is 0.312 e. The van der Waals surface area contributed by atoms with Gasteiger partial charge in [-0.25, -0.2) is 0 Å². The van der Waals surface area contributed by atoms with Crippen LogP contribution in [0.3, 0.4) is 0 Å². The molecular formula is C23H29NO4. The largest absolute Gasteiger partial charge is 0.452 e. The van der Waals surface area contributed by atoms with Gasteiger partial charge in [0.1, 0.15) is 0 Å². The minimum Gasteiger partial charge on any atom is -0.452 e. The van der Waals surface area contributed by atoms with Crippen LogP contribution in [0.15, 0.2) is 24.3 Å². The molecule has 0 spiro atoms. The normalized spacial score (nSPS) is 36.7. The third-order valence-corrected chi connectivity index (χ3v) is 7.54. The Labute approximate surface area is 166 Å². The number of rotatable bonds is 3. The summed E-state index contributed by atoms with van der Waals surface area (Å²) in [5, 5.41) is 10.9. The van der Waals surface area contributed by atoms with Crippen LogP contribution in [0.25, 0.3) is 0 Å². The van der Waals surface area contributed by atoms with Gasteiger partial charge in [-0.1, -0.05) is 24.3 Å². The third-order valence-electron chi connectivity index (χ3n) is 7.54. The van der Waals surface area contributed by atoms with E-state index in [4.69, 9.17) is 4.74 Å². The molecule has 5 heteroatoms. The zero-order chi connectivity index (χ0) is 19.5. The quantitative estimate of drug-likeness (QED) is 0.815. The Morgan fingerprint density at radius 1 is 1.14 bits per heavy atom. The van der Waals surface area contributed by atoms with Gasteiger partial charge in [0, 0.05) is 13.1 Å². The highest BCUT2D eigenvalue weighted by atomic mass is 16.5. The minimum atomic E-state index is -0.777. The predicted octanol–water partition coefficient (Wildman–Crippen LogP) is 2.83. The van der Waals surface area contributed by atoms with Gasteiger partial charge in [0.25, 0.3) is 5.91 Å². The lowest BCUT2D eigenvalue weighted by atomic mass is 9.48. The molecule has 28 heavy (non-hydrogen) atoms. The average Bonchev–Trinajstić information content (AvgIpc) is 2.65. The maximum absolute atomic E-state index is 13.1. The van der Waals surface area contributed by atoms with Gasteiger partial charge >= 0.3 is 5.97 Å². The lowest BCUT2D eigenvalue weighted by molar-refractivity contribution is -0.200. The van der Waals surface area contributed by atoms with Crippen LogP contribution in [0, 0.1) is 17.3 Å². The average molecular weight is 383 g/mol. The number of hydrogen-bond donors (Lipinski definition) is 1. The van der Waals surface area contributed by atoms with Crippen LogP contribution in [0.5, 0.6) is 0 Å². The van der Waals surface area contributed by atoms with Crippen molar-refractivity contribution in [3.63, 3.8) is 0 Å². The molecule has 4 fully saturated rings. The van der Waals surface area contributed by atoms with E-state index in [9.17, 15) is 14.7 Å². The van der Waals surface area contributed by atoms with Crippen molar-refractivity contribution in [1.29, 1.82) is 0 Å². The molecule has 4 saturated carbocycles. The van der Waals surface area contributed by atoms with Gasteiger partial charge in [0.2, 0.25) is 0 Å². The number of hydrogen-bond acceptors (Lipinski definition) is 4. The topological polar surface area (TPSA) is 66.8 Å². The summed E-state index contributed by atoms with van der Waals surface area (Å²) in [5.41, 5.74) is 1.18. The second-order valence-corrected chi connectivity index (χ2v) is 9.79. The molecule has 1 aliphatic heterocycles. The van der Waals surface area contributed by atoms with Crippen molar-refractivity contribution in [2.24, 2.45) is 17.3 Å². The number of benzene rings is 1. The standard InChI is InChI=1S/C23H29NO4/c1-15(20(25)24-7-6-18-4-2-3-5-19(18)13-24)28-21(26)22-9-16-8-17(10-22)12-23(27,11-16)14-22/h2-5,15-17,27H,6-14H2,1H3. The summed E-state index contributed by atoms with van der Waals surface area (Å²) in [6.45, 7) is 2.93. The van der Waals surface area contributed by atoms with Gasteiger partial charge < -0.3 is 14.7 Å². The molecule has 5 aliphatic rings. The zero-order valence-electron chi connectivity index (χ0n) is 16.5. The van der Waals surface area contributed by atoms with E-state index < -0.39 is 17.1 Å². The molecule has 0 saturated heterocycles. The first-order chi connectivity index (χ1) is 13.4. The van der Waals surface area contributed by atoms with Crippen LogP contribution in [-0.2, 0) is 27.3 Å². The van der Waals surface area contributed by atoms with Crippen LogP contribution in [-0.4, -0.2) is 40.1 Å². The second-order valence-electron chi connectivity index (χ2n) is 9.79. The van der Waals surface area contributed by atoms with Crippen LogP contribution in [0.1, 0.15) is 56.6 Å². The summed E-state index contributed by atoms with van der Waals surface area (Å²) in [6, 6.07) is 8.19. The first-order valence-corrected chi connectivity index (χ1v) is 10.6. The van der Waals surface area contributed by atoms with Crippen LogP contribution >= 0.6 is 0 Å². The van der Waals surface area contributed by atoms with E-state index in [2.05, 4.69) is 12.1 Å². The Balaban J connectivity index is 1.26. The van der Waals surface area contributed by atoms with Crippen molar-refractivity contribution in [3.8, 4) is 0 Å². The number of carbonyl (C=O) groups is 2. The first kappa shape index (κ1) is 18.2. The Kier molecular flexibility index (Phi) is 4.10. The molecule has 4 aliphatic carbocycles. The maximum atomic E-state index is 13.1. The highest BCUT2D eigenvalue weighted by Gasteiger charge is 2.61. The molecule has 1 aromatic carbocycles. The minimum absolute atomic E-state index is 0.119. The molecule has 3 atom stereocenters. The molecule has 1 amide bonds. The number of fused-ring (bicyclic) bond motifs is 1. The lowest BCUT2D eigenvalue weighted by Gasteiger charge is -2.58. The van der Waals surface area contributed by atoms with Gasteiger partial charge in [0.05, 0.1) is 11.0 Å². The molecule has 1 N–H and O–H groups in total. The van der Waals surface area contributed by atoms with E-state index in [-0.39, 0.29) is 11.9 Å². The molecule has 5 nitrogen and oxygen atoms in total. The van der Waals surface area contributed by atoms with E-state index in [1.54, 1.807) is 11.8 Å². The van der Waals surface area contributed by atoms with E-state index in [0.717, 1.165) is 38.5 Å². The van der Waals surface area contributed by atoms with Gasteiger partial charge in [0.15, 0.2) is 6.10 Å². The molecule has 3 unspecified atom stereocenters. The SMILES string of the molecule is CC(OC(=O)C12CC3CC(CC(O)(C3)C1)C2)C(=O)N1CCc2ccccc2C1. The molecule has 1 heterocycles. The van der Waals surface area contributed by atoms with Gasteiger partial charge in [-0.15, -0.1) is 0 Å². The number of nitrogens with zero attached hydrogens (tertiary/aromatic N) is 1. The molecule has 0 radical (unpaired) electrons. The monoisotopic (exact) mass is 383 g/mol. The lowest BCUT2D eigenvalue weighted by Crippen LogP contribution is -2.59. The zero-order valence-corrected chi connectivity index (χ0v) is 16.5. The van der Waals surface area contributed by atoms with Crippen LogP contribution in [0.4, 0.5) is 0 Å². The number of carbonyl (C=O) groups excluding carboxylic acids is 2. The number of ether oxygens (including phenoxy) is 1. The summed E-state index contributed by atoms with van der Waals surface area (Å²) < 4.78 is 5.74.